The zero-order valence-corrected chi connectivity index (χ0v) is 38.2. The number of ether oxygens (including phenoxy) is 4. The van der Waals surface area contributed by atoms with Gasteiger partial charge in [-0.25, -0.2) is 0 Å². The second-order valence-electron chi connectivity index (χ2n) is 18.0. The van der Waals surface area contributed by atoms with Crippen LogP contribution in [0.3, 0.4) is 0 Å². The Morgan fingerprint density at radius 3 is 1.39 bits per heavy atom. The van der Waals surface area contributed by atoms with E-state index in [4.69, 9.17) is 18.9 Å². The predicted octanol–water partition coefficient (Wildman–Crippen LogP) is 5.83. The van der Waals surface area contributed by atoms with E-state index in [0.29, 0.717) is 12.8 Å². The van der Waals surface area contributed by atoms with Crippen LogP contribution in [0, 0.1) is 0 Å². The van der Waals surface area contributed by atoms with Crippen molar-refractivity contribution in [1.29, 1.82) is 0 Å². The summed E-state index contributed by atoms with van der Waals surface area (Å²) in [6, 6.07) is -0.819. The molecule has 1 amide bonds. The van der Waals surface area contributed by atoms with Gasteiger partial charge in [-0.05, 0) is 12.8 Å². The predicted molar refractivity (Wildman–Crippen MR) is 236 cm³/mol. The van der Waals surface area contributed by atoms with Gasteiger partial charge in [-0.1, -0.05) is 181 Å². The van der Waals surface area contributed by atoms with Crippen molar-refractivity contribution in [2.24, 2.45) is 0 Å². The molecule has 2 saturated heterocycles. The summed E-state index contributed by atoms with van der Waals surface area (Å²) in [5, 5.41) is 86.6. The molecule has 2 heterocycles. The van der Waals surface area contributed by atoms with Crippen molar-refractivity contribution >= 4 is 5.91 Å². The number of rotatable bonds is 38. The lowest BCUT2D eigenvalue weighted by atomic mass is 9.97. The van der Waals surface area contributed by atoms with Crippen LogP contribution in [-0.2, 0) is 23.7 Å². The largest absolute Gasteiger partial charge is 0.394 e. The fraction of sp³-hybridized carbons (Fsp3) is 0.979. The molecule has 0 radical (unpaired) electrons. The molecule has 0 spiro atoms. The van der Waals surface area contributed by atoms with Gasteiger partial charge >= 0.3 is 0 Å². The molecule has 2 aliphatic heterocycles. The second kappa shape index (κ2) is 35.3. The number of amides is 1. The molecule has 0 aromatic heterocycles. The maximum absolute atomic E-state index is 13.1. The molecule has 12 atom stereocenters. The summed E-state index contributed by atoms with van der Waals surface area (Å²) >= 11 is 0. The zero-order chi connectivity index (χ0) is 44.7. The number of unbranched alkanes of at least 4 members (excludes halogenated alkanes) is 25. The molecular weight excluding hydrogens is 787 g/mol. The van der Waals surface area contributed by atoms with E-state index in [1.165, 1.54) is 122 Å². The van der Waals surface area contributed by atoms with E-state index in [0.717, 1.165) is 51.4 Å². The van der Waals surface area contributed by atoms with E-state index in [1.807, 2.05) is 0 Å². The monoisotopic (exact) mass is 878 g/mol. The minimum Gasteiger partial charge on any atom is -0.394 e. The Balaban J connectivity index is 1.79. The molecule has 12 unspecified atom stereocenters. The van der Waals surface area contributed by atoms with Gasteiger partial charge in [0.05, 0.1) is 32.0 Å². The van der Waals surface area contributed by atoms with Gasteiger partial charge in [0.25, 0.3) is 0 Å². The fourth-order valence-electron chi connectivity index (χ4n) is 8.47. The molecule has 0 aromatic carbocycles. The van der Waals surface area contributed by atoms with Crippen LogP contribution in [0.1, 0.15) is 200 Å². The summed E-state index contributed by atoms with van der Waals surface area (Å²) in [4.78, 5) is 13.1. The number of hydrogen-bond acceptors (Lipinski definition) is 13. The third kappa shape index (κ3) is 23.1. The van der Waals surface area contributed by atoms with Crippen LogP contribution < -0.4 is 5.32 Å². The molecule has 9 N–H and O–H groups in total. The molecule has 14 heteroatoms. The van der Waals surface area contributed by atoms with Crippen LogP contribution in [0.5, 0.6) is 0 Å². The minimum atomic E-state index is -1.78. The number of aliphatic hydroxyl groups excluding tert-OH is 8. The van der Waals surface area contributed by atoms with E-state index in [2.05, 4.69) is 19.2 Å². The summed E-state index contributed by atoms with van der Waals surface area (Å²) in [7, 11) is 0. The Labute approximate surface area is 368 Å². The van der Waals surface area contributed by atoms with Gasteiger partial charge in [-0.3, -0.25) is 4.79 Å². The van der Waals surface area contributed by atoms with Gasteiger partial charge in [0.2, 0.25) is 5.91 Å². The van der Waals surface area contributed by atoms with Crippen LogP contribution in [-0.4, -0.2) is 140 Å². The summed E-state index contributed by atoms with van der Waals surface area (Å²) in [6.07, 6.45) is 16.9. The molecule has 0 aromatic rings. The maximum atomic E-state index is 13.1. The Hall–Kier alpha value is -1.01. The van der Waals surface area contributed by atoms with E-state index in [-0.39, 0.29) is 12.5 Å². The Kier molecular flexibility index (Phi) is 32.5. The van der Waals surface area contributed by atoms with Crippen molar-refractivity contribution in [2.75, 3.05) is 19.8 Å². The number of carbonyl (C=O) groups is 1. The first-order chi connectivity index (χ1) is 29.6. The first-order valence-electron chi connectivity index (χ1n) is 24.8. The van der Waals surface area contributed by atoms with Gasteiger partial charge in [0.15, 0.2) is 12.6 Å². The highest BCUT2D eigenvalue weighted by atomic mass is 16.7. The molecule has 2 rings (SSSR count). The van der Waals surface area contributed by atoms with Crippen LogP contribution in [0.2, 0.25) is 0 Å². The van der Waals surface area contributed by atoms with Crippen LogP contribution in [0.4, 0.5) is 0 Å². The highest BCUT2D eigenvalue weighted by molar-refractivity contribution is 5.76. The highest BCUT2D eigenvalue weighted by Crippen LogP contribution is 2.30. The Morgan fingerprint density at radius 1 is 0.525 bits per heavy atom. The SMILES string of the molecule is CCCCCCCCCCCCCCCCCCCCC(=O)NC(COC1OC(CO)C(OC2OC(CO)C(O)C(O)C2O)C(O)C1O)C(O)CCCCCCCCCCC. The van der Waals surface area contributed by atoms with Crippen LogP contribution in [0.25, 0.3) is 0 Å². The van der Waals surface area contributed by atoms with Gasteiger partial charge < -0.3 is 65.1 Å². The normalized spacial score (nSPS) is 27.9. The van der Waals surface area contributed by atoms with Crippen molar-refractivity contribution in [2.45, 2.75) is 274 Å². The quantitative estimate of drug-likeness (QED) is 0.0334. The molecular formula is C47H91NO13. The third-order valence-corrected chi connectivity index (χ3v) is 12.6. The van der Waals surface area contributed by atoms with Gasteiger partial charge in [0, 0.05) is 6.42 Å². The number of aliphatic hydroxyl groups is 8. The standard InChI is InChI=1S/C47H91NO13/c1-3-5-7-9-11-13-14-15-16-17-18-19-20-21-23-25-27-29-31-39(52)48-35(36(51)30-28-26-24-22-12-10-8-6-4-2)34-58-46-44(57)42(55)45(38(33-50)60-46)61-47-43(56)41(54)40(53)37(32-49)59-47/h35-38,40-47,49-51,53-57H,3-34H2,1-2H3,(H,48,52). The van der Waals surface area contributed by atoms with Gasteiger partial charge in [0.1, 0.15) is 48.8 Å². The number of nitrogens with one attached hydrogen (secondary N) is 1. The van der Waals surface area contributed by atoms with E-state index in [1.54, 1.807) is 0 Å². The number of hydrogen-bond donors (Lipinski definition) is 9. The first kappa shape index (κ1) is 56.1. The number of carbonyl (C=O) groups excluding carboxylic acids is 1. The lowest BCUT2D eigenvalue weighted by Gasteiger charge is -2.46. The highest BCUT2D eigenvalue weighted by Gasteiger charge is 2.51. The van der Waals surface area contributed by atoms with E-state index >= 15 is 0 Å². The Bertz CT molecular complexity index is 1040. The molecule has 0 bridgehead atoms. The smallest absolute Gasteiger partial charge is 0.220 e. The van der Waals surface area contributed by atoms with Crippen LogP contribution >= 0.6 is 0 Å². The molecule has 14 nitrogen and oxygen atoms in total. The maximum Gasteiger partial charge on any atom is 0.220 e. The van der Waals surface area contributed by atoms with E-state index in [9.17, 15) is 45.6 Å². The van der Waals surface area contributed by atoms with Crippen molar-refractivity contribution in [3.63, 3.8) is 0 Å². The molecule has 2 fully saturated rings. The molecule has 0 aliphatic carbocycles. The van der Waals surface area contributed by atoms with Crippen molar-refractivity contribution in [3.8, 4) is 0 Å². The van der Waals surface area contributed by atoms with Gasteiger partial charge in [-0.2, -0.15) is 0 Å². The lowest BCUT2D eigenvalue weighted by Crippen LogP contribution is -2.65. The third-order valence-electron chi connectivity index (χ3n) is 12.6. The molecule has 2 aliphatic rings. The first-order valence-corrected chi connectivity index (χ1v) is 24.8. The molecule has 61 heavy (non-hydrogen) atoms. The van der Waals surface area contributed by atoms with E-state index < -0.39 is 86.8 Å². The zero-order valence-electron chi connectivity index (χ0n) is 38.2. The van der Waals surface area contributed by atoms with Crippen molar-refractivity contribution < 1.29 is 64.6 Å². The summed E-state index contributed by atoms with van der Waals surface area (Å²) < 4.78 is 22.7. The lowest BCUT2D eigenvalue weighted by molar-refractivity contribution is -0.359. The molecule has 362 valence electrons. The summed E-state index contributed by atoms with van der Waals surface area (Å²) in [5.41, 5.74) is 0. The Morgan fingerprint density at radius 2 is 0.934 bits per heavy atom. The minimum absolute atomic E-state index is 0.206. The summed E-state index contributed by atoms with van der Waals surface area (Å²) in [6.45, 7) is 2.83. The van der Waals surface area contributed by atoms with Gasteiger partial charge in [-0.15, -0.1) is 0 Å². The molecule has 0 saturated carbocycles. The summed E-state index contributed by atoms with van der Waals surface area (Å²) in [5.74, 6) is -0.206. The van der Waals surface area contributed by atoms with Crippen LogP contribution in [0.15, 0.2) is 0 Å². The van der Waals surface area contributed by atoms with Crippen molar-refractivity contribution in [3.05, 3.63) is 0 Å². The fourth-order valence-corrected chi connectivity index (χ4v) is 8.47. The topological polar surface area (TPSA) is 228 Å². The average Bonchev–Trinajstić information content (AvgIpc) is 3.26. The van der Waals surface area contributed by atoms with Crippen molar-refractivity contribution in [1.82, 2.24) is 5.32 Å². The second-order valence-corrected chi connectivity index (χ2v) is 18.0. The average molecular weight is 878 g/mol.